The molecule has 1 heterocycles. The molecule has 0 bridgehead atoms. The minimum Gasteiger partial charge on any atom is -0.508 e. The summed E-state index contributed by atoms with van der Waals surface area (Å²) in [7, 11) is 0. The van der Waals surface area contributed by atoms with Gasteiger partial charge in [0.25, 0.3) is 0 Å². The summed E-state index contributed by atoms with van der Waals surface area (Å²) in [5, 5.41) is 19.4. The number of phenolic OH excluding ortho intramolecular Hbond substituents is 2. The van der Waals surface area contributed by atoms with Crippen molar-refractivity contribution in [2.45, 2.75) is 38.7 Å². The predicted octanol–water partition coefficient (Wildman–Crippen LogP) is 2.49. The van der Waals surface area contributed by atoms with Gasteiger partial charge in [0, 0.05) is 12.5 Å². The van der Waals surface area contributed by atoms with Crippen molar-refractivity contribution in [3.05, 3.63) is 35.4 Å². The lowest BCUT2D eigenvalue weighted by Crippen LogP contribution is -2.18. The maximum absolute atomic E-state index is 12.2. The molecule has 1 atom stereocenters. The number of carbonyl (C=O) groups is 2. The van der Waals surface area contributed by atoms with Crippen LogP contribution in [0.15, 0.2) is 24.3 Å². The number of carbonyl (C=O) groups excluding carboxylic acids is 2. The van der Waals surface area contributed by atoms with Crippen molar-refractivity contribution in [1.82, 2.24) is 0 Å². The van der Waals surface area contributed by atoms with Crippen molar-refractivity contribution in [2.75, 3.05) is 0 Å². The molecule has 2 N–H and O–H groups in total. The summed E-state index contributed by atoms with van der Waals surface area (Å²) in [6.45, 7) is 1.79. The van der Waals surface area contributed by atoms with Gasteiger partial charge in [-0.2, -0.15) is 0 Å². The average molecular weight is 290 g/mol. The van der Waals surface area contributed by atoms with Crippen LogP contribution >= 0.6 is 0 Å². The molecule has 2 rings (SSSR count). The SMILES string of the molecule is C[C@H]1CCC/C=C\C(=O)Cc2cc(O)cc(O)c2C(=O)O1. The summed E-state index contributed by atoms with van der Waals surface area (Å²) >= 11 is 0. The zero-order valence-electron chi connectivity index (χ0n) is 11.8. The van der Waals surface area contributed by atoms with E-state index in [-0.39, 0.29) is 40.9 Å². The van der Waals surface area contributed by atoms with E-state index in [1.165, 1.54) is 12.1 Å². The lowest BCUT2D eigenvalue weighted by molar-refractivity contribution is -0.114. The predicted molar refractivity (Wildman–Crippen MR) is 76.4 cm³/mol. The zero-order chi connectivity index (χ0) is 15.4. The minimum absolute atomic E-state index is 0.0537. The van der Waals surface area contributed by atoms with E-state index in [0.29, 0.717) is 6.42 Å². The van der Waals surface area contributed by atoms with Gasteiger partial charge in [0.2, 0.25) is 0 Å². The molecule has 112 valence electrons. The Balaban J connectivity index is 2.44. The fourth-order valence-corrected chi connectivity index (χ4v) is 2.33. The number of benzene rings is 1. The van der Waals surface area contributed by atoms with Gasteiger partial charge in [-0.1, -0.05) is 6.08 Å². The van der Waals surface area contributed by atoms with Gasteiger partial charge < -0.3 is 14.9 Å². The van der Waals surface area contributed by atoms with E-state index in [1.54, 1.807) is 13.0 Å². The van der Waals surface area contributed by atoms with Crippen LogP contribution in [0.3, 0.4) is 0 Å². The van der Waals surface area contributed by atoms with E-state index >= 15 is 0 Å². The first kappa shape index (κ1) is 15.1. The van der Waals surface area contributed by atoms with Gasteiger partial charge in [-0.3, -0.25) is 4.79 Å². The molecule has 0 spiro atoms. The van der Waals surface area contributed by atoms with Gasteiger partial charge in [-0.05, 0) is 43.9 Å². The van der Waals surface area contributed by atoms with Crippen LogP contribution < -0.4 is 0 Å². The van der Waals surface area contributed by atoms with Crippen LogP contribution in [0.25, 0.3) is 0 Å². The smallest absolute Gasteiger partial charge is 0.342 e. The Bertz CT molecular complexity index is 589. The quantitative estimate of drug-likeness (QED) is 0.717. The molecule has 1 aliphatic heterocycles. The molecule has 0 amide bonds. The number of rotatable bonds is 0. The van der Waals surface area contributed by atoms with Gasteiger partial charge in [-0.25, -0.2) is 4.79 Å². The van der Waals surface area contributed by atoms with Crippen LogP contribution in [-0.2, 0) is 16.0 Å². The first-order valence-electron chi connectivity index (χ1n) is 6.92. The van der Waals surface area contributed by atoms with Crippen molar-refractivity contribution < 1.29 is 24.5 Å². The molecule has 0 unspecified atom stereocenters. The zero-order valence-corrected chi connectivity index (χ0v) is 11.8. The molecule has 0 saturated carbocycles. The van der Waals surface area contributed by atoms with E-state index in [4.69, 9.17) is 4.74 Å². The maximum atomic E-state index is 12.2. The summed E-state index contributed by atoms with van der Waals surface area (Å²) < 4.78 is 5.29. The third-order valence-electron chi connectivity index (χ3n) is 3.35. The normalized spacial score (nSPS) is 21.7. The molecule has 5 nitrogen and oxygen atoms in total. The molecule has 0 fully saturated rings. The Hall–Kier alpha value is -2.30. The van der Waals surface area contributed by atoms with Crippen molar-refractivity contribution >= 4 is 11.8 Å². The number of ketones is 1. The third-order valence-corrected chi connectivity index (χ3v) is 3.35. The van der Waals surface area contributed by atoms with Crippen molar-refractivity contribution in [3.8, 4) is 11.5 Å². The van der Waals surface area contributed by atoms with Gasteiger partial charge in [0.15, 0.2) is 5.78 Å². The van der Waals surface area contributed by atoms with Gasteiger partial charge >= 0.3 is 5.97 Å². The Morgan fingerprint density at radius 1 is 1.24 bits per heavy atom. The summed E-state index contributed by atoms with van der Waals surface area (Å²) in [4.78, 5) is 24.0. The molecule has 5 heteroatoms. The first-order valence-corrected chi connectivity index (χ1v) is 6.92. The number of aromatic hydroxyl groups is 2. The summed E-state index contributed by atoms with van der Waals surface area (Å²) in [5.41, 5.74) is 0.210. The maximum Gasteiger partial charge on any atom is 0.342 e. The van der Waals surface area contributed by atoms with Crippen molar-refractivity contribution in [3.63, 3.8) is 0 Å². The Morgan fingerprint density at radius 3 is 2.76 bits per heavy atom. The number of hydrogen-bond donors (Lipinski definition) is 2. The van der Waals surface area contributed by atoms with Gasteiger partial charge in [-0.15, -0.1) is 0 Å². The highest BCUT2D eigenvalue weighted by Gasteiger charge is 2.22. The Kier molecular flexibility index (Phi) is 4.62. The molecule has 0 aliphatic carbocycles. The molecule has 0 saturated heterocycles. The second kappa shape index (κ2) is 6.43. The average Bonchev–Trinajstić information content (AvgIpc) is 2.35. The monoisotopic (exact) mass is 290 g/mol. The molecular formula is C16H18O5. The van der Waals surface area contributed by atoms with Crippen molar-refractivity contribution in [1.29, 1.82) is 0 Å². The standard InChI is InChI=1S/C16H18O5/c1-10-5-3-2-4-6-12(17)7-11-8-13(18)9-14(19)15(11)16(20)21-10/h4,6,8-10,18-19H,2-3,5,7H2,1H3/b6-4-/t10-/m0/s1. The number of esters is 1. The molecule has 1 aliphatic rings. The van der Waals surface area contributed by atoms with Gasteiger partial charge in [0.1, 0.15) is 17.1 Å². The second-order valence-electron chi connectivity index (χ2n) is 5.19. The summed E-state index contributed by atoms with van der Waals surface area (Å²) in [6.07, 6.45) is 5.15. The first-order chi connectivity index (χ1) is 9.97. The topological polar surface area (TPSA) is 83.8 Å². The fourth-order valence-electron chi connectivity index (χ4n) is 2.33. The lowest BCUT2D eigenvalue weighted by atomic mass is 9.99. The third kappa shape index (κ3) is 3.84. The molecule has 0 aromatic heterocycles. The number of cyclic esters (lactones) is 1. The number of ether oxygens (including phenoxy) is 1. The second-order valence-corrected chi connectivity index (χ2v) is 5.19. The van der Waals surface area contributed by atoms with E-state index < -0.39 is 5.97 Å². The van der Waals surface area contributed by atoms with Crippen LogP contribution in [0.5, 0.6) is 11.5 Å². The van der Waals surface area contributed by atoms with Crippen LogP contribution in [0, 0.1) is 0 Å². The highest BCUT2D eigenvalue weighted by molar-refractivity contribution is 5.98. The number of allylic oxidation sites excluding steroid dienone is 2. The van der Waals surface area contributed by atoms with Crippen molar-refractivity contribution in [2.24, 2.45) is 0 Å². The summed E-state index contributed by atoms with van der Waals surface area (Å²) in [5.74, 6) is -1.44. The van der Waals surface area contributed by atoms with Crippen LogP contribution in [0.1, 0.15) is 42.1 Å². The molecule has 21 heavy (non-hydrogen) atoms. The minimum atomic E-state index is -0.674. The largest absolute Gasteiger partial charge is 0.508 e. The molecular weight excluding hydrogens is 272 g/mol. The number of fused-ring (bicyclic) bond motifs is 1. The highest BCUT2D eigenvalue weighted by Crippen LogP contribution is 2.29. The fraction of sp³-hybridized carbons (Fsp3) is 0.375. The highest BCUT2D eigenvalue weighted by atomic mass is 16.5. The lowest BCUT2D eigenvalue weighted by Gasteiger charge is -2.16. The van der Waals surface area contributed by atoms with E-state index in [0.717, 1.165) is 18.9 Å². The summed E-state index contributed by atoms with van der Waals surface area (Å²) in [6, 6.07) is 2.37. The molecule has 1 aromatic rings. The van der Waals surface area contributed by atoms with Crippen LogP contribution in [0.4, 0.5) is 0 Å². The van der Waals surface area contributed by atoms with E-state index in [1.807, 2.05) is 0 Å². The Morgan fingerprint density at radius 2 is 2.00 bits per heavy atom. The van der Waals surface area contributed by atoms with Crippen LogP contribution in [0.2, 0.25) is 0 Å². The molecule has 0 radical (unpaired) electrons. The molecule has 1 aromatic carbocycles. The number of phenols is 2. The van der Waals surface area contributed by atoms with E-state index in [2.05, 4.69) is 0 Å². The van der Waals surface area contributed by atoms with E-state index in [9.17, 15) is 19.8 Å². The number of hydrogen-bond acceptors (Lipinski definition) is 5. The van der Waals surface area contributed by atoms with Gasteiger partial charge in [0.05, 0.1) is 6.10 Å². The Labute approximate surface area is 122 Å². The van der Waals surface area contributed by atoms with Crippen LogP contribution in [-0.4, -0.2) is 28.1 Å².